The zero-order valence-corrected chi connectivity index (χ0v) is 8.43. The zero-order valence-electron chi connectivity index (χ0n) is 8.43. The molecule has 0 bridgehead atoms. The SMILES string of the molecule is CCC[C@@H](CC)CC(=O)OCC. The molecule has 12 heavy (non-hydrogen) atoms. The molecule has 2 nitrogen and oxygen atoms in total. The second-order valence-electron chi connectivity index (χ2n) is 3.07. The summed E-state index contributed by atoms with van der Waals surface area (Å²) in [5.74, 6) is 0.479. The lowest BCUT2D eigenvalue weighted by molar-refractivity contribution is -0.144. The van der Waals surface area contributed by atoms with Gasteiger partial charge in [-0.15, -0.1) is 0 Å². The van der Waals surface area contributed by atoms with Crippen LogP contribution in [0.1, 0.15) is 46.5 Å². The Morgan fingerprint density at radius 2 is 2.00 bits per heavy atom. The molecule has 0 aromatic rings. The second kappa shape index (κ2) is 7.14. The number of hydrogen-bond donors (Lipinski definition) is 0. The van der Waals surface area contributed by atoms with Gasteiger partial charge in [-0.1, -0.05) is 33.1 Å². The summed E-state index contributed by atoms with van der Waals surface area (Å²) in [7, 11) is 0. The Labute approximate surface area is 75.3 Å². The summed E-state index contributed by atoms with van der Waals surface area (Å²) >= 11 is 0. The smallest absolute Gasteiger partial charge is 0.306 e. The number of carbonyl (C=O) groups is 1. The predicted molar refractivity (Wildman–Crippen MR) is 49.9 cm³/mol. The molecule has 1 atom stereocenters. The minimum absolute atomic E-state index is 0.0437. The molecule has 0 rings (SSSR count). The van der Waals surface area contributed by atoms with Gasteiger partial charge in [-0.2, -0.15) is 0 Å². The van der Waals surface area contributed by atoms with Gasteiger partial charge in [-0.3, -0.25) is 4.79 Å². The van der Waals surface area contributed by atoms with Crippen molar-refractivity contribution in [2.45, 2.75) is 46.5 Å². The molecule has 0 aromatic heterocycles. The molecule has 72 valence electrons. The van der Waals surface area contributed by atoms with Gasteiger partial charge in [-0.25, -0.2) is 0 Å². The lowest BCUT2D eigenvalue weighted by atomic mass is 9.97. The van der Waals surface area contributed by atoms with Gasteiger partial charge < -0.3 is 4.74 Å². The maximum absolute atomic E-state index is 11.1. The highest BCUT2D eigenvalue weighted by atomic mass is 16.5. The largest absolute Gasteiger partial charge is 0.466 e. The van der Waals surface area contributed by atoms with Crippen LogP contribution in [0.2, 0.25) is 0 Å². The second-order valence-corrected chi connectivity index (χ2v) is 3.07. The van der Waals surface area contributed by atoms with Crippen molar-refractivity contribution in [3.05, 3.63) is 0 Å². The van der Waals surface area contributed by atoms with Crippen molar-refractivity contribution in [1.29, 1.82) is 0 Å². The van der Waals surface area contributed by atoms with Crippen LogP contribution in [-0.4, -0.2) is 12.6 Å². The molecule has 0 N–H and O–H groups in total. The lowest BCUT2D eigenvalue weighted by Crippen LogP contribution is -2.10. The summed E-state index contributed by atoms with van der Waals surface area (Å²) in [6, 6.07) is 0. The summed E-state index contributed by atoms with van der Waals surface area (Å²) in [5, 5.41) is 0. The minimum Gasteiger partial charge on any atom is -0.466 e. The highest BCUT2D eigenvalue weighted by molar-refractivity contribution is 5.69. The van der Waals surface area contributed by atoms with Crippen LogP contribution in [0.4, 0.5) is 0 Å². The molecule has 0 heterocycles. The standard InChI is InChI=1S/C10H20O2/c1-4-7-9(5-2)8-10(11)12-6-3/h9H,4-8H2,1-3H3/t9-/m1/s1. The highest BCUT2D eigenvalue weighted by Crippen LogP contribution is 2.15. The van der Waals surface area contributed by atoms with Crippen molar-refractivity contribution in [2.75, 3.05) is 6.61 Å². The number of rotatable bonds is 6. The Hall–Kier alpha value is -0.530. The molecule has 0 spiro atoms. The maximum Gasteiger partial charge on any atom is 0.306 e. The topological polar surface area (TPSA) is 26.3 Å². The molecule has 0 saturated heterocycles. The van der Waals surface area contributed by atoms with Crippen LogP contribution in [0.5, 0.6) is 0 Å². The van der Waals surface area contributed by atoms with Crippen molar-refractivity contribution in [3.63, 3.8) is 0 Å². The van der Waals surface area contributed by atoms with Gasteiger partial charge in [0, 0.05) is 6.42 Å². The fraction of sp³-hybridized carbons (Fsp3) is 0.900. The van der Waals surface area contributed by atoms with Crippen LogP contribution in [0.15, 0.2) is 0 Å². The molecule has 0 radical (unpaired) electrons. The Kier molecular flexibility index (Phi) is 6.82. The maximum atomic E-state index is 11.1. The van der Waals surface area contributed by atoms with Crippen LogP contribution in [-0.2, 0) is 9.53 Å². The van der Waals surface area contributed by atoms with Gasteiger partial charge in [0.1, 0.15) is 0 Å². The molecule has 0 aromatic carbocycles. The van der Waals surface area contributed by atoms with E-state index in [0.29, 0.717) is 18.9 Å². The molecule has 0 aliphatic rings. The van der Waals surface area contributed by atoms with Gasteiger partial charge >= 0.3 is 5.97 Å². The van der Waals surface area contributed by atoms with Crippen molar-refractivity contribution >= 4 is 5.97 Å². The van der Waals surface area contributed by atoms with Crippen molar-refractivity contribution < 1.29 is 9.53 Å². The van der Waals surface area contributed by atoms with Crippen molar-refractivity contribution in [2.24, 2.45) is 5.92 Å². The average Bonchev–Trinajstić information content (AvgIpc) is 2.04. The van der Waals surface area contributed by atoms with Crippen LogP contribution in [0.25, 0.3) is 0 Å². The summed E-state index contributed by atoms with van der Waals surface area (Å²) in [4.78, 5) is 11.1. The van der Waals surface area contributed by atoms with E-state index in [0.717, 1.165) is 19.3 Å². The van der Waals surface area contributed by atoms with Crippen molar-refractivity contribution in [3.8, 4) is 0 Å². The third kappa shape index (κ3) is 5.16. The number of esters is 1. The summed E-state index contributed by atoms with van der Waals surface area (Å²) in [6.07, 6.45) is 3.96. The normalized spacial score (nSPS) is 12.6. The Morgan fingerprint density at radius 3 is 2.42 bits per heavy atom. The van der Waals surface area contributed by atoms with E-state index in [1.807, 2.05) is 6.92 Å². The molecule has 0 fully saturated rings. The van der Waals surface area contributed by atoms with E-state index in [9.17, 15) is 4.79 Å². The summed E-state index contributed by atoms with van der Waals surface area (Å²) < 4.78 is 4.88. The quantitative estimate of drug-likeness (QED) is 0.576. The molecular weight excluding hydrogens is 152 g/mol. The van der Waals surface area contributed by atoms with E-state index in [1.54, 1.807) is 0 Å². The minimum atomic E-state index is -0.0437. The average molecular weight is 172 g/mol. The van der Waals surface area contributed by atoms with E-state index in [4.69, 9.17) is 4.74 Å². The lowest BCUT2D eigenvalue weighted by Gasteiger charge is -2.11. The van der Waals surface area contributed by atoms with E-state index in [-0.39, 0.29) is 5.97 Å². The van der Waals surface area contributed by atoms with Crippen molar-refractivity contribution in [1.82, 2.24) is 0 Å². The molecule has 2 heteroatoms. The van der Waals surface area contributed by atoms with Gasteiger partial charge in [0.2, 0.25) is 0 Å². The Balaban J connectivity index is 3.61. The fourth-order valence-electron chi connectivity index (χ4n) is 1.31. The molecule has 0 amide bonds. The van der Waals surface area contributed by atoms with Crippen LogP contribution in [0, 0.1) is 5.92 Å². The van der Waals surface area contributed by atoms with E-state index in [2.05, 4.69) is 13.8 Å². The van der Waals surface area contributed by atoms with Gasteiger partial charge in [0.25, 0.3) is 0 Å². The number of hydrogen-bond acceptors (Lipinski definition) is 2. The first-order valence-corrected chi connectivity index (χ1v) is 4.90. The zero-order chi connectivity index (χ0) is 9.40. The van der Waals surface area contributed by atoms with E-state index in [1.165, 1.54) is 0 Å². The third-order valence-electron chi connectivity index (χ3n) is 2.03. The molecule has 0 unspecified atom stereocenters. The van der Waals surface area contributed by atoms with Crippen LogP contribution >= 0.6 is 0 Å². The monoisotopic (exact) mass is 172 g/mol. The first kappa shape index (κ1) is 11.5. The van der Waals surface area contributed by atoms with Crippen LogP contribution < -0.4 is 0 Å². The van der Waals surface area contributed by atoms with E-state index < -0.39 is 0 Å². The first-order valence-electron chi connectivity index (χ1n) is 4.90. The molecule has 0 aliphatic heterocycles. The molecule has 0 saturated carbocycles. The summed E-state index contributed by atoms with van der Waals surface area (Å²) in [5.41, 5.74) is 0. The molecular formula is C10H20O2. The first-order chi connectivity index (χ1) is 5.74. The van der Waals surface area contributed by atoms with E-state index >= 15 is 0 Å². The van der Waals surface area contributed by atoms with Gasteiger partial charge in [0.15, 0.2) is 0 Å². The Morgan fingerprint density at radius 1 is 1.33 bits per heavy atom. The summed E-state index contributed by atoms with van der Waals surface area (Å²) in [6.45, 7) is 6.62. The Bertz CT molecular complexity index is 121. The number of carbonyl (C=O) groups excluding carboxylic acids is 1. The van der Waals surface area contributed by atoms with Crippen LogP contribution in [0.3, 0.4) is 0 Å². The predicted octanol–water partition coefficient (Wildman–Crippen LogP) is 2.77. The third-order valence-corrected chi connectivity index (χ3v) is 2.03. The molecule has 0 aliphatic carbocycles. The number of ether oxygens (including phenoxy) is 1. The fourth-order valence-corrected chi connectivity index (χ4v) is 1.31. The highest BCUT2D eigenvalue weighted by Gasteiger charge is 2.11. The van der Waals surface area contributed by atoms with Gasteiger partial charge in [-0.05, 0) is 12.8 Å². The van der Waals surface area contributed by atoms with Gasteiger partial charge in [0.05, 0.1) is 6.61 Å².